The van der Waals surface area contributed by atoms with Gasteiger partial charge < -0.3 is 15.6 Å². The smallest absolute Gasteiger partial charge is 0.162 e. The molecule has 3 nitrogen and oxygen atoms in total. The normalized spacial score (nSPS) is 10.1. The lowest BCUT2D eigenvalue weighted by molar-refractivity contribution is 0.290. The van der Waals surface area contributed by atoms with Crippen molar-refractivity contribution < 1.29 is 9.84 Å². The number of hydrogen-bond donors (Lipinski definition) is 2. The Labute approximate surface area is 84.5 Å². The summed E-state index contributed by atoms with van der Waals surface area (Å²) in [6.07, 6.45) is 3.31. The van der Waals surface area contributed by atoms with Crippen molar-refractivity contribution >= 4 is 5.69 Å². The zero-order valence-corrected chi connectivity index (χ0v) is 8.49. The number of anilines is 1. The van der Waals surface area contributed by atoms with E-state index in [2.05, 4.69) is 6.92 Å². The van der Waals surface area contributed by atoms with E-state index in [0.29, 0.717) is 18.0 Å². The average molecular weight is 195 g/mol. The molecule has 3 heteroatoms. The maximum Gasteiger partial charge on any atom is 0.162 e. The molecule has 1 aromatic carbocycles. The number of aromatic hydroxyl groups is 1. The van der Waals surface area contributed by atoms with Crippen LogP contribution in [0.15, 0.2) is 18.2 Å². The van der Waals surface area contributed by atoms with Gasteiger partial charge in [-0.15, -0.1) is 0 Å². The summed E-state index contributed by atoms with van der Waals surface area (Å²) in [5, 5.41) is 9.41. The molecule has 1 aromatic rings. The summed E-state index contributed by atoms with van der Waals surface area (Å²) in [5.41, 5.74) is 6.17. The molecule has 0 aromatic heterocycles. The average Bonchev–Trinajstić information content (AvgIpc) is 2.18. The first-order valence-electron chi connectivity index (χ1n) is 4.95. The topological polar surface area (TPSA) is 55.5 Å². The number of hydrogen-bond acceptors (Lipinski definition) is 3. The minimum atomic E-state index is 0.149. The molecule has 0 heterocycles. The Morgan fingerprint density at radius 1 is 1.36 bits per heavy atom. The van der Waals surface area contributed by atoms with E-state index >= 15 is 0 Å². The van der Waals surface area contributed by atoms with E-state index in [-0.39, 0.29) is 5.75 Å². The molecule has 0 aliphatic heterocycles. The zero-order chi connectivity index (χ0) is 10.4. The highest BCUT2D eigenvalue weighted by molar-refractivity contribution is 5.51. The van der Waals surface area contributed by atoms with Crippen molar-refractivity contribution in [3.63, 3.8) is 0 Å². The molecule has 78 valence electrons. The molecule has 0 aliphatic carbocycles. The third kappa shape index (κ3) is 3.17. The predicted molar refractivity (Wildman–Crippen MR) is 57.5 cm³/mol. The molecule has 0 unspecified atom stereocenters. The van der Waals surface area contributed by atoms with Gasteiger partial charge in [-0.1, -0.05) is 19.8 Å². The van der Waals surface area contributed by atoms with Crippen molar-refractivity contribution in [1.82, 2.24) is 0 Å². The molecule has 0 radical (unpaired) electrons. The second-order valence-corrected chi connectivity index (χ2v) is 3.28. The van der Waals surface area contributed by atoms with Crippen molar-refractivity contribution in [2.24, 2.45) is 0 Å². The van der Waals surface area contributed by atoms with Crippen LogP contribution in [-0.4, -0.2) is 11.7 Å². The highest BCUT2D eigenvalue weighted by atomic mass is 16.5. The van der Waals surface area contributed by atoms with Crippen LogP contribution < -0.4 is 10.5 Å². The maximum absolute atomic E-state index is 9.41. The maximum atomic E-state index is 9.41. The first-order valence-corrected chi connectivity index (χ1v) is 4.95. The molecule has 1 rings (SSSR count). The van der Waals surface area contributed by atoms with Gasteiger partial charge >= 0.3 is 0 Å². The van der Waals surface area contributed by atoms with Crippen LogP contribution in [0.3, 0.4) is 0 Å². The van der Waals surface area contributed by atoms with Crippen molar-refractivity contribution in [3.8, 4) is 11.5 Å². The number of nitrogen functional groups attached to an aromatic ring is 1. The van der Waals surface area contributed by atoms with Gasteiger partial charge in [-0.25, -0.2) is 0 Å². The molecule has 0 spiro atoms. The van der Waals surface area contributed by atoms with Gasteiger partial charge in [-0.05, 0) is 18.6 Å². The van der Waals surface area contributed by atoms with Crippen LogP contribution in [0, 0.1) is 0 Å². The Bertz CT molecular complexity index is 287. The molecule has 3 N–H and O–H groups in total. The summed E-state index contributed by atoms with van der Waals surface area (Å²) < 4.78 is 5.39. The van der Waals surface area contributed by atoms with Crippen molar-refractivity contribution in [1.29, 1.82) is 0 Å². The minimum Gasteiger partial charge on any atom is -0.504 e. The van der Waals surface area contributed by atoms with Crippen LogP contribution in [0.25, 0.3) is 0 Å². The van der Waals surface area contributed by atoms with E-state index in [1.165, 1.54) is 0 Å². The highest BCUT2D eigenvalue weighted by Crippen LogP contribution is 2.27. The number of ether oxygens (including phenoxy) is 1. The second kappa shape index (κ2) is 5.37. The van der Waals surface area contributed by atoms with E-state index in [4.69, 9.17) is 10.5 Å². The van der Waals surface area contributed by atoms with Crippen LogP contribution in [0.1, 0.15) is 26.2 Å². The van der Waals surface area contributed by atoms with Gasteiger partial charge in [0.25, 0.3) is 0 Å². The summed E-state index contributed by atoms with van der Waals surface area (Å²) in [6.45, 7) is 2.77. The van der Waals surface area contributed by atoms with E-state index in [9.17, 15) is 5.11 Å². The van der Waals surface area contributed by atoms with Gasteiger partial charge in [-0.3, -0.25) is 0 Å². The third-order valence-corrected chi connectivity index (χ3v) is 1.99. The standard InChI is InChI=1S/C11H17NO2/c1-2-3-4-7-14-11-8-9(12)5-6-10(11)13/h5-6,8,13H,2-4,7,12H2,1H3. The number of nitrogens with two attached hydrogens (primary N) is 1. The third-order valence-electron chi connectivity index (χ3n) is 1.99. The number of phenolic OH excluding ortho intramolecular Hbond substituents is 1. The lowest BCUT2D eigenvalue weighted by Crippen LogP contribution is -1.98. The lowest BCUT2D eigenvalue weighted by atomic mass is 10.2. The van der Waals surface area contributed by atoms with E-state index in [0.717, 1.165) is 19.3 Å². The summed E-state index contributed by atoms with van der Waals surface area (Å²) in [4.78, 5) is 0. The molecular weight excluding hydrogens is 178 g/mol. The summed E-state index contributed by atoms with van der Waals surface area (Å²) in [5.74, 6) is 0.622. The van der Waals surface area contributed by atoms with Crippen LogP contribution in [0.5, 0.6) is 11.5 Å². The van der Waals surface area contributed by atoms with Gasteiger partial charge in [0.1, 0.15) is 0 Å². The monoisotopic (exact) mass is 195 g/mol. The molecule has 0 bridgehead atoms. The molecule has 0 atom stereocenters. The first-order chi connectivity index (χ1) is 6.74. The molecule has 0 aliphatic rings. The SMILES string of the molecule is CCCCCOc1cc(N)ccc1O. The first kappa shape index (κ1) is 10.7. The van der Waals surface area contributed by atoms with Crippen LogP contribution in [0.2, 0.25) is 0 Å². The zero-order valence-electron chi connectivity index (χ0n) is 8.49. The molecule has 0 saturated heterocycles. The molecule has 0 amide bonds. The van der Waals surface area contributed by atoms with Gasteiger partial charge in [0.2, 0.25) is 0 Å². The van der Waals surface area contributed by atoms with Gasteiger partial charge in [-0.2, -0.15) is 0 Å². The Morgan fingerprint density at radius 3 is 2.86 bits per heavy atom. The van der Waals surface area contributed by atoms with Crippen molar-refractivity contribution in [3.05, 3.63) is 18.2 Å². The fourth-order valence-corrected chi connectivity index (χ4v) is 1.18. The van der Waals surface area contributed by atoms with E-state index < -0.39 is 0 Å². The van der Waals surface area contributed by atoms with Crippen molar-refractivity contribution in [2.45, 2.75) is 26.2 Å². The van der Waals surface area contributed by atoms with Gasteiger partial charge in [0, 0.05) is 11.8 Å². The Kier molecular flexibility index (Phi) is 4.11. The molecule has 0 fully saturated rings. The number of phenols is 1. The Morgan fingerprint density at radius 2 is 2.14 bits per heavy atom. The van der Waals surface area contributed by atoms with Crippen LogP contribution in [-0.2, 0) is 0 Å². The second-order valence-electron chi connectivity index (χ2n) is 3.28. The summed E-state index contributed by atoms with van der Waals surface area (Å²) in [6, 6.07) is 4.83. The fraction of sp³-hybridized carbons (Fsp3) is 0.455. The van der Waals surface area contributed by atoms with Crippen LogP contribution in [0.4, 0.5) is 5.69 Å². The minimum absolute atomic E-state index is 0.149. The molecule has 0 saturated carbocycles. The summed E-state index contributed by atoms with van der Waals surface area (Å²) >= 11 is 0. The van der Waals surface area contributed by atoms with Gasteiger partial charge in [0.05, 0.1) is 6.61 Å². The van der Waals surface area contributed by atoms with E-state index in [1.54, 1.807) is 18.2 Å². The number of unbranched alkanes of at least 4 members (excludes halogenated alkanes) is 2. The fourth-order valence-electron chi connectivity index (χ4n) is 1.18. The molecule has 14 heavy (non-hydrogen) atoms. The Balaban J connectivity index is 2.45. The quantitative estimate of drug-likeness (QED) is 0.431. The number of benzene rings is 1. The molecular formula is C11H17NO2. The lowest BCUT2D eigenvalue weighted by Gasteiger charge is -2.07. The van der Waals surface area contributed by atoms with Gasteiger partial charge in [0.15, 0.2) is 11.5 Å². The van der Waals surface area contributed by atoms with E-state index in [1.807, 2.05) is 0 Å². The Hall–Kier alpha value is -1.38. The predicted octanol–water partition coefficient (Wildman–Crippen LogP) is 2.54. The largest absolute Gasteiger partial charge is 0.504 e. The van der Waals surface area contributed by atoms with Crippen molar-refractivity contribution in [2.75, 3.05) is 12.3 Å². The number of rotatable bonds is 5. The highest BCUT2D eigenvalue weighted by Gasteiger charge is 2.01. The van der Waals surface area contributed by atoms with Crippen LogP contribution >= 0.6 is 0 Å². The summed E-state index contributed by atoms with van der Waals surface area (Å²) in [7, 11) is 0.